The van der Waals surface area contributed by atoms with Crippen LogP contribution in [-0.2, 0) is 19.7 Å². The van der Waals surface area contributed by atoms with Gasteiger partial charge in [-0.25, -0.2) is 0 Å². The van der Waals surface area contributed by atoms with Crippen molar-refractivity contribution in [3.05, 3.63) is 93.0 Å². The smallest absolute Gasteiger partial charge is 0.180 e. The van der Waals surface area contributed by atoms with Crippen molar-refractivity contribution in [1.29, 1.82) is 0 Å². The molecule has 0 aliphatic carbocycles. The molecule has 146 valence electrons. The standard InChI is InChI=1S/C23H23Cl2NO2/c1-16-3-5-17(6-4-16)13-26-14-19-11-21(25)23(22(12-19)27-2)28-15-18-7-9-20(24)10-8-18/h3-12,26H,13-15H2,1-2H3/p+1. The summed E-state index contributed by atoms with van der Waals surface area (Å²) in [5.74, 6) is 1.20. The molecule has 0 atom stereocenters. The normalized spacial score (nSPS) is 10.7. The van der Waals surface area contributed by atoms with E-state index in [1.807, 2.05) is 36.4 Å². The van der Waals surface area contributed by atoms with Crippen LogP contribution in [0.3, 0.4) is 0 Å². The average Bonchev–Trinajstić information content (AvgIpc) is 2.69. The summed E-state index contributed by atoms with van der Waals surface area (Å²) in [5.41, 5.74) is 4.67. The second-order valence-electron chi connectivity index (χ2n) is 6.71. The van der Waals surface area contributed by atoms with E-state index < -0.39 is 0 Å². The van der Waals surface area contributed by atoms with Crippen LogP contribution in [-0.4, -0.2) is 7.11 Å². The number of halogens is 2. The molecule has 28 heavy (non-hydrogen) atoms. The fourth-order valence-electron chi connectivity index (χ4n) is 2.90. The number of aryl methyl sites for hydroxylation is 1. The minimum absolute atomic E-state index is 0.395. The number of benzene rings is 3. The van der Waals surface area contributed by atoms with E-state index in [1.165, 1.54) is 11.1 Å². The number of methoxy groups -OCH3 is 1. The van der Waals surface area contributed by atoms with E-state index in [2.05, 4.69) is 36.5 Å². The summed E-state index contributed by atoms with van der Waals surface area (Å²) in [6.45, 7) is 4.21. The van der Waals surface area contributed by atoms with Crippen molar-refractivity contribution in [2.24, 2.45) is 0 Å². The maximum atomic E-state index is 6.48. The molecular weight excluding hydrogens is 393 g/mol. The van der Waals surface area contributed by atoms with E-state index in [-0.39, 0.29) is 0 Å². The van der Waals surface area contributed by atoms with Gasteiger partial charge in [-0.05, 0) is 36.8 Å². The predicted octanol–water partition coefficient (Wildman–Crippen LogP) is 5.15. The Morgan fingerprint density at radius 1 is 0.821 bits per heavy atom. The highest BCUT2D eigenvalue weighted by Gasteiger charge is 2.13. The van der Waals surface area contributed by atoms with Crippen LogP contribution < -0.4 is 14.8 Å². The first kappa shape index (κ1) is 20.5. The van der Waals surface area contributed by atoms with E-state index in [9.17, 15) is 0 Å². The van der Waals surface area contributed by atoms with Crippen molar-refractivity contribution < 1.29 is 14.8 Å². The zero-order valence-electron chi connectivity index (χ0n) is 16.0. The Labute approximate surface area is 176 Å². The van der Waals surface area contributed by atoms with Gasteiger partial charge in [-0.1, -0.05) is 65.2 Å². The zero-order valence-corrected chi connectivity index (χ0v) is 17.6. The number of hydrogen-bond acceptors (Lipinski definition) is 2. The van der Waals surface area contributed by atoms with Crippen LogP contribution in [0.2, 0.25) is 10.0 Å². The first-order chi connectivity index (χ1) is 13.5. The molecule has 3 rings (SSSR count). The van der Waals surface area contributed by atoms with Crippen LogP contribution in [0.4, 0.5) is 0 Å². The Bertz CT molecular complexity index is 909. The Morgan fingerprint density at radius 2 is 1.46 bits per heavy atom. The second kappa shape index (κ2) is 9.83. The highest BCUT2D eigenvalue weighted by molar-refractivity contribution is 6.32. The molecular formula is C23H24Cl2NO2+. The lowest BCUT2D eigenvalue weighted by atomic mass is 10.1. The maximum absolute atomic E-state index is 6.48. The summed E-state index contributed by atoms with van der Waals surface area (Å²) in [6, 6.07) is 20.0. The van der Waals surface area contributed by atoms with Gasteiger partial charge in [0.1, 0.15) is 19.7 Å². The number of ether oxygens (including phenoxy) is 2. The average molecular weight is 417 g/mol. The van der Waals surface area contributed by atoms with E-state index in [0.717, 1.165) is 24.2 Å². The van der Waals surface area contributed by atoms with Gasteiger partial charge in [0.2, 0.25) is 0 Å². The summed E-state index contributed by atoms with van der Waals surface area (Å²) >= 11 is 12.4. The van der Waals surface area contributed by atoms with Crippen LogP contribution >= 0.6 is 23.2 Å². The third-order valence-electron chi connectivity index (χ3n) is 4.47. The molecule has 0 saturated heterocycles. The van der Waals surface area contributed by atoms with Crippen molar-refractivity contribution in [2.75, 3.05) is 7.11 Å². The van der Waals surface area contributed by atoms with Crippen molar-refractivity contribution in [2.45, 2.75) is 26.6 Å². The Balaban J connectivity index is 1.63. The van der Waals surface area contributed by atoms with Crippen LogP contribution in [0.1, 0.15) is 22.3 Å². The molecule has 3 aromatic rings. The Morgan fingerprint density at radius 3 is 2.14 bits per heavy atom. The molecule has 3 aromatic carbocycles. The van der Waals surface area contributed by atoms with Gasteiger partial charge in [0.25, 0.3) is 0 Å². The summed E-state index contributed by atoms with van der Waals surface area (Å²) in [5, 5.41) is 3.49. The monoisotopic (exact) mass is 416 g/mol. The quantitative estimate of drug-likeness (QED) is 0.550. The molecule has 2 N–H and O–H groups in total. The second-order valence-corrected chi connectivity index (χ2v) is 7.55. The summed E-state index contributed by atoms with van der Waals surface area (Å²) in [7, 11) is 1.63. The van der Waals surface area contributed by atoms with E-state index in [0.29, 0.717) is 28.2 Å². The van der Waals surface area contributed by atoms with Crippen LogP contribution in [0.15, 0.2) is 60.7 Å². The molecule has 0 bridgehead atoms. The summed E-state index contributed by atoms with van der Waals surface area (Å²) in [4.78, 5) is 0. The van der Waals surface area contributed by atoms with E-state index in [4.69, 9.17) is 32.7 Å². The summed E-state index contributed by atoms with van der Waals surface area (Å²) in [6.07, 6.45) is 0. The zero-order chi connectivity index (χ0) is 19.9. The third-order valence-corrected chi connectivity index (χ3v) is 5.00. The van der Waals surface area contributed by atoms with Crippen LogP contribution in [0.25, 0.3) is 0 Å². The van der Waals surface area contributed by atoms with Gasteiger partial charge in [0.05, 0.1) is 12.1 Å². The van der Waals surface area contributed by atoms with E-state index >= 15 is 0 Å². The van der Waals surface area contributed by atoms with Gasteiger partial charge in [-0.2, -0.15) is 0 Å². The lowest BCUT2D eigenvalue weighted by Gasteiger charge is -2.14. The molecule has 0 aliphatic rings. The minimum Gasteiger partial charge on any atom is -0.493 e. The first-order valence-corrected chi connectivity index (χ1v) is 9.91. The minimum atomic E-state index is 0.395. The van der Waals surface area contributed by atoms with Gasteiger partial charge in [-0.15, -0.1) is 0 Å². The molecule has 0 aromatic heterocycles. The molecule has 0 heterocycles. The van der Waals surface area contributed by atoms with Crippen molar-refractivity contribution >= 4 is 23.2 Å². The fourth-order valence-corrected chi connectivity index (χ4v) is 3.31. The Hall–Kier alpha value is -2.20. The molecule has 5 heteroatoms. The van der Waals surface area contributed by atoms with Gasteiger partial charge in [-0.3, -0.25) is 0 Å². The Kier molecular flexibility index (Phi) is 7.21. The molecule has 0 spiro atoms. The van der Waals surface area contributed by atoms with Crippen molar-refractivity contribution in [1.82, 2.24) is 0 Å². The lowest BCUT2D eigenvalue weighted by molar-refractivity contribution is -0.686. The highest BCUT2D eigenvalue weighted by atomic mass is 35.5. The topological polar surface area (TPSA) is 35.1 Å². The lowest BCUT2D eigenvalue weighted by Crippen LogP contribution is -2.80. The largest absolute Gasteiger partial charge is 0.493 e. The first-order valence-electron chi connectivity index (χ1n) is 9.16. The number of quaternary nitrogens is 1. The molecule has 0 fully saturated rings. The van der Waals surface area contributed by atoms with Gasteiger partial charge >= 0.3 is 0 Å². The van der Waals surface area contributed by atoms with Gasteiger partial charge in [0, 0.05) is 16.1 Å². The van der Waals surface area contributed by atoms with Crippen LogP contribution in [0, 0.1) is 6.92 Å². The SMILES string of the molecule is COc1cc(C[NH2+]Cc2ccc(C)cc2)cc(Cl)c1OCc1ccc(Cl)cc1. The van der Waals surface area contributed by atoms with Crippen molar-refractivity contribution in [3.63, 3.8) is 0 Å². The van der Waals surface area contributed by atoms with Crippen LogP contribution in [0.5, 0.6) is 11.5 Å². The van der Waals surface area contributed by atoms with Gasteiger partial charge < -0.3 is 14.8 Å². The molecule has 0 aliphatic heterocycles. The molecule has 3 nitrogen and oxygen atoms in total. The molecule has 0 amide bonds. The highest BCUT2D eigenvalue weighted by Crippen LogP contribution is 2.36. The predicted molar refractivity (Wildman–Crippen MR) is 114 cm³/mol. The van der Waals surface area contributed by atoms with Crippen molar-refractivity contribution in [3.8, 4) is 11.5 Å². The maximum Gasteiger partial charge on any atom is 0.180 e. The fraction of sp³-hybridized carbons (Fsp3) is 0.217. The summed E-state index contributed by atoms with van der Waals surface area (Å²) < 4.78 is 11.4. The molecule has 0 unspecified atom stereocenters. The third kappa shape index (κ3) is 5.65. The number of nitrogens with two attached hydrogens (primary N) is 1. The van der Waals surface area contributed by atoms with Gasteiger partial charge in [0.15, 0.2) is 11.5 Å². The number of hydrogen-bond donors (Lipinski definition) is 1. The van der Waals surface area contributed by atoms with E-state index in [1.54, 1.807) is 7.11 Å². The number of rotatable bonds is 8. The molecule has 0 saturated carbocycles. The molecule has 0 radical (unpaired) electrons.